The monoisotopic (exact) mass is 356 g/mol. The van der Waals surface area contributed by atoms with E-state index in [-0.39, 0.29) is 17.6 Å². The van der Waals surface area contributed by atoms with Crippen molar-refractivity contribution in [3.63, 3.8) is 0 Å². The summed E-state index contributed by atoms with van der Waals surface area (Å²) in [5.41, 5.74) is 0.552. The van der Waals surface area contributed by atoms with Crippen molar-refractivity contribution in [3.8, 4) is 5.75 Å². The summed E-state index contributed by atoms with van der Waals surface area (Å²) in [6.07, 6.45) is 3.71. The van der Waals surface area contributed by atoms with Gasteiger partial charge in [-0.3, -0.25) is 14.4 Å². The molecule has 0 saturated carbocycles. The van der Waals surface area contributed by atoms with Crippen LogP contribution in [0, 0.1) is 0 Å². The number of rotatable bonds is 1. The molecule has 3 aliphatic heterocycles. The van der Waals surface area contributed by atoms with Gasteiger partial charge in [0, 0.05) is 51.5 Å². The Morgan fingerprint density at radius 2 is 1.73 bits per heavy atom. The molecule has 0 aromatic heterocycles. The molecule has 3 aliphatic rings. The number of ether oxygens (including phenoxy) is 1. The molecule has 0 N–H and O–H groups in total. The zero-order valence-electron chi connectivity index (χ0n) is 15.1. The lowest BCUT2D eigenvalue weighted by Crippen LogP contribution is -2.51. The number of hydrogen-bond acceptors (Lipinski definition) is 4. The maximum absolute atomic E-state index is 12.8. The first kappa shape index (κ1) is 17.1. The van der Waals surface area contributed by atoms with Gasteiger partial charge in [0.1, 0.15) is 11.4 Å². The Kier molecular flexibility index (Phi) is 4.21. The number of ketones is 1. The first-order valence-electron chi connectivity index (χ1n) is 9.38. The van der Waals surface area contributed by atoms with Gasteiger partial charge in [0.15, 0.2) is 5.78 Å². The number of carbonyl (C=O) groups excluding carboxylic acids is 3. The van der Waals surface area contributed by atoms with Crippen LogP contribution in [-0.2, 0) is 4.79 Å². The maximum atomic E-state index is 12.8. The van der Waals surface area contributed by atoms with Gasteiger partial charge < -0.3 is 14.5 Å². The maximum Gasteiger partial charge on any atom is 0.253 e. The number of carbonyl (C=O) groups is 3. The van der Waals surface area contributed by atoms with Gasteiger partial charge in [-0.1, -0.05) is 0 Å². The smallest absolute Gasteiger partial charge is 0.253 e. The third-order valence-corrected chi connectivity index (χ3v) is 5.85. The standard InChI is InChI=1S/C20H24N2O4/c1-14(23)21-10-6-20(7-11-21)13-17(24)16-12-15(4-5-18(16)26-20)19(25)22-8-2-3-9-22/h4-5,12H,2-3,6-11,13H2,1H3. The summed E-state index contributed by atoms with van der Waals surface area (Å²) in [4.78, 5) is 40.5. The average Bonchev–Trinajstić information content (AvgIpc) is 3.16. The average molecular weight is 356 g/mol. The minimum atomic E-state index is -0.517. The normalized spacial score (nSPS) is 21.5. The molecule has 3 heterocycles. The SMILES string of the molecule is CC(=O)N1CCC2(CC1)CC(=O)c1cc(C(=O)N3CCCC3)ccc1O2. The van der Waals surface area contributed by atoms with E-state index in [1.807, 2.05) is 4.90 Å². The number of nitrogens with zero attached hydrogens (tertiary/aromatic N) is 2. The lowest BCUT2D eigenvalue weighted by molar-refractivity contribution is -0.132. The molecule has 0 atom stereocenters. The second-order valence-corrected chi connectivity index (χ2v) is 7.60. The van der Waals surface area contributed by atoms with Crippen molar-refractivity contribution < 1.29 is 19.1 Å². The third kappa shape index (κ3) is 2.97. The Morgan fingerprint density at radius 1 is 1.04 bits per heavy atom. The zero-order chi connectivity index (χ0) is 18.3. The molecule has 6 nitrogen and oxygen atoms in total. The summed E-state index contributed by atoms with van der Waals surface area (Å²) < 4.78 is 6.24. The van der Waals surface area contributed by atoms with Crippen LogP contribution in [0.25, 0.3) is 0 Å². The molecule has 2 saturated heterocycles. The van der Waals surface area contributed by atoms with Gasteiger partial charge in [0.05, 0.1) is 12.0 Å². The number of hydrogen-bond donors (Lipinski definition) is 0. The summed E-state index contributed by atoms with van der Waals surface area (Å²) in [6.45, 7) is 4.37. The summed E-state index contributed by atoms with van der Waals surface area (Å²) in [5.74, 6) is 0.648. The van der Waals surface area contributed by atoms with Gasteiger partial charge in [-0.25, -0.2) is 0 Å². The first-order chi connectivity index (χ1) is 12.5. The molecule has 0 unspecified atom stereocenters. The Balaban J connectivity index is 1.54. The second-order valence-electron chi connectivity index (χ2n) is 7.60. The number of benzene rings is 1. The highest BCUT2D eigenvalue weighted by atomic mass is 16.5. The van der Waals surface area contributed by atoms with E-state index >= 15 is 0 Å². The van der Waals surface area contributed by atoms with Crippen LogP contribution in [0.1, 0.15) is 59.7 Å². The lowest BCUT2D eigenvalue weighted by atomic mass is 9.82. The van der Waals surface area contributed by atoms with E-state index in [0.29, 0.717) is 49.2 Å². The summed E-state index contributed by atoms with van der Waals surface area (Å²) in [7, 11) is 0. The first-order valence-corrected chi connectivity index (χ1v) is 9.38. The van der Waals surface area contributed by atoms with E-state index in [9.17, 15) is 14.4 Å². The van der Waals surface area contributed by atoms with E-state index in [0.717, 1.165) is 25.9 Å². The fraction of sp³-hybridized carbons (Fsp3) is 0.550. The number of amides is 2. The molecule has 6 heteroatoms. The van der Waals surface area contributed by atoms with Crippen molar-refractivity contribution in [1.82, 2.24) is 9.80 Å². The van der Waals surface area contributed by atoms with Crippen molar-refractivity contribution in [3.05, 3.63) is 29.3 Å². The molecule has 138 valence electrons. The Morgan fingerprint density at radius 3 is 2.38 bits per heavy atom. The molecule has 1 aromatic rings. The van der Waals surface area contributed by atoms with E-state index in [1.54, 1.807) is 30.0 Å². The van der Waals surface area contributed by atoms with Crippen molar-refractivity contribution in [1.29, 1.82) is 0 Å². The fourth-order valence-corrected chi connectivity index (χ4v) is 4.24. The van der Waals surface area contributed by atoms with Gasteiger partial charge in [-0.2, -0.15) is 0 Å². The number of Topliss-reactive ketones (excluding diaryl/α,β-unsaturated/α-hetero) is 1. The van der Waals surface area contributed by atoms with Gasteiger partial charge >= 0.3 is 0 Å². The van der Waals surface area contributed by atoms with Gasteiger partial charge in [0.25, 0.3) is 5.91 Å². The molecule has 2 amide bonds. The Labute approximate surface area is 153 Å². The second kappa shape index (κ2) is 6.41. The van der Waals surface area contributed by atoms with Crippen molar-refractivity contribution in [2.75, 3.05) is 26.2 Å². The van der Waals surface area contributed by atoms with Crippen LogP contribution in [0.5, 0.6) is 5.75 Å². The van der Waals surface area contributed by atoms with Crippen LogP contribution in [0.15, 0.2) is 18.2 Å². The molecule has 1 aromatic carbocycles. The molecular weight excluding hydrogens is 332 g/mol. The minimum absolute atomic E-state index is 0.00634. The van der Waals surface area contributed by atoms with Crippen molar-refractivity contribution in [2.45, 2.75) is 44.6 Å². The highest BCUT2D eigenvalue weighted by Gasteiger charge is 2.43. The molecule has 26 heavy (non-hydrogen) atoms. The predicted molar refractivity (Wildman–Crippen MR) is 95.4 cm³/mol. The van der Waals surface area contributed by atoms with E-state index in [4.69, 9.17) is 4.74 Å². The Hall–Kier alpha value is -2.37. The van der Waals surface area contributed by atoms with Crippen LogP contribution in [0.4, 0.5) is 0 Å². The van der Waals surface area contributed by atoms with Crippen LogP contribution in [0.2, 0.25) is 0 Å². The van der Waals surface area contributed by atoms with Gasteiger partial charge in [-0.15, -0.1) is 0 Å². The number of fused-ring (bicyclic) bond motifs is 1. The highest BCUT2D eigenvalue weighted by molar-refractivity contribution is 6.03. The molecular formula is C20H24N2O4. The van der Waals surface area contributed by atoms with E-state index in [2.05, 4.69) is 0 Å². The van der Waals surface area contributed by atoms with Crippen molar-refractivity contribution >= 4 is 17.6 Å². The molecule has 4 rings (SSSR count). The molecule has 2 fully saturated rings. The van der Waals surface area contributed by atoms with Crippen molar-refractivity contribution in [2.24, 2.45) is 0 Å². The fourth-order valence-electron chi connectivity index (χ4n) is 4.24. The predicted octanol–water partition coefficient (Wildman–Crippen LogP) is 2.27. The van der Waals surface area contributed by atoms with Crippen LogP contribution in [0.3, 0.4) is 0 Å². The summed E-state index contributed by atoms with van der Waals surface area (Å²) in [5, 5.41) is 0. The molecule has 0 bridgehead atoms. The Bertz CT molecular complexity index is 759. The van der Waals surface area contributed by atoms with Gasteiger partial charge in [0.2, 0.25) is 5.91 Å². The largest absolute Gasteiger partial charge is 0.486 e. The number of piperidine rings is 1. The minimum Gasteiger partial charge on any atom is -0.486 e. The van der Waals surface area contributed by atoms with Crippen LogP contribution < -0.4 is 4.74 Å². The number of likely N-dealkylation sites (tertiary alicyclic amines) is 2. The quantitative estimate of drug-likeness (QED) is 0.774. The van der Waals surface area contributed by atoms with Gasteiger partial charge in [-0.05, 0) is 31.0 Å². The highest BCUT2D eigenvalue weighted by Crippen LogP contribution is 2.39. The van der Waals surface area contributed by atoms with E-state index in [1.165, 1.54) is 0 Å². The summed E-state index contributed by atoms with van der Waals surface area (Å²) in [6, 6.07) is 5.21. The topological polar surface area (TPSA) is 66.9 Å². The zero-order valence-corrected chi connectivity index (χ0v) is 15.1. The molecule has 1 spiro atoms. The lowest BCUT2D eigenvalue weighted by Gasteiger charge is -2.43. The third-order valence-electron chi connectivity index (χ3n) is 5.85. The molecule has 0 radical (unpaired) electrons. The van der Waals surface area contributed by atoms with E-state index < -0.39 is 5.60 Å². The molecule has 0 aliphatic carbocycles. The van der Waals surface area contributed by atoms with Crippen LogP contribution in [-0.4, -0.2) is 59.2 Å². The van der Waals surface area contributed by atoms with Crippen LogP contribution >= 0.6 is 0 Å². The summed E-state index contributed by atoms with van der Waals surface area (Å²) >= 11 is 0.